The maximum absolute atomic E-state index is 12.9. The number of rotatable bonds is 4. The Hall–Kier alpha value is -2.46. The van der Waals surface area contributed by atoms with E-state index in [2.05, 4.69) is 10.3 Å². The third kappa shape index (κ3) is 3.35. The van der Waals surface area contributed by atoms with Crippen LogP contribution >= 0.6 is 11.6 Å². The Bertz CT molecular complexity index is 910. The first-order valence-corrected chi connectivity index (χ1v) is 8.53. The van der Waals surface area contributed by atoms with Gasteiger partial charge in [-0.15, -0.1) is 0 Å². The standard InChI is InChI=1S/C20H22ClN3O/c1-20(2,17-12-22-18-11-13(21)5-10-16(17)18)19(25)23-14-6-8-15(9-7-14)24(3)4/h5-12,22H,1-4H3,(H,23,25). The van der Waals surface area contributed by atoms with Gasteiger partial charge in [0.1, 0.15) is 0 Å². The van der Waals surface area contributed by atoms with E-state index in [9.17, 15) is 4.79 Å². The van der Waals surface area contributed by atoms with Crippen molar-refractivity contribution in [1.29, 1.82) is 0 Å². The molecule has 2 N–H and O–H groups in total. The largest absolute Gasteiger partial charge is 0.378 e. The summed E-state index contributed by atoms with van der Waals surface area (Å²) >= 11 is 6.04. The summed E-state index contributed by atoms with van der Waals surface area (Å²) in [5.74, 6) is -0.0547. The molecule has 2 aromatic carbocycles. The molecule has 0 saturated carbocycles. The number of hydrogen-bond donors (Lipinski definition) is 2. The molecule has 0 radical (unpaired) electrons. The monoisotopic (exact) mass is 355 g/mol. The Labute approximate surface area is 152 Å². The highest BCUT2D eigenvalue weighted by Crippen LogP contribution is 2.33. The van der Waals surface area contributed by atoms with Crippen molar-refractivity contribution in [3.63, 3.8) is 0 Å². The highest BCUT2D eigenvalue weighted by atomic mass is 35.5. The molecule has 0 spiro atoms. The zero-order valence-corrected chi connectivity index (χ0v) is 15.6. The van der Waals surface area contributed by atoms with E-state index in [-0.39, 0.29) is 5.91 Å². The fraction of sp³-hybridized carbons (Fsp3) is 0.250. The van der Waals surface area contributed by atoms with Gasteiger partial charge in [0.2, 0.25) is 5.91 Å². The van der Waals surface area contributed by atoms with Crippen LogP contribution in [0.3, 0.4) is 0 Å². The van der Waals surface area contributed by atoms with Gasteiger partial charge in [0.05, 0.1) is 5.41 Å². The Morgan fingerprint density at radius 1 is 1.12 bits per heavy atom. The Kier molecular flexibility index (Phi) is 4.48. The number of carbonyl (C=O) groups is 1. The van der Waals surface area contributed by atoms with Crippen molar-refractivity contribution in [3.05, 3.63) is 59.2 Å². The molecule has 0 aliphatic heterocycles. The van der Waals surface area contributed by atoms with Gasteiger partial charge < -0.3 is 15.2 Å². The summed E-state index contributed by atoms with van der Waals surface area (Å²) < 4.78 is 0. The quantitative estimate of drug-likeness (QED) is 0.706. The molecule has 5 heteroatoms. The second-order valence-corrected chi connectivity index (χ2v) is 7.35. The van der Waals surface area contributed by atoms with Gasteiger partial charge in [0, 0.05) is 47.6 Å². The number of amides is 1. The van der Waals surface area contributed by atoms with Crippen LogP contribution in [0.2, 0.25) is 5.02 Å². The van der Waals surface area contributed by atoms with Crippen LogP contribution < -0.4 is 10.2 Å². The molecule has 130 valence electrons. The first kappa shape index (κ1) is 17.4. The van der Waals surface area contributed by atoms with Crippen LogP contribution in [-0.2, 0) is 10.2 Å². The Morgan fingerprint density at radius 3 is 2.44 bits per heavy atom. The van der Waals surface area contributed by atoms with Gasteiger partial charge in [-0.3, -0.25) is 4.79 Å². The number of aromatic amines is 1. The number of carbonyl (C=O) groups excluding carboxylic acids is 1. The van der Waals surface area contributed by atoms with Crippen LogP contribution in [0.4, 0.5) is 11.4 Å². The predicted molar refractivity (Wildman–Crippen MR) is 106 cm³/mol. The van der Waals surface area contributed by atoms with Crippen molar-refractivity contribution in [3.8, 4) is 0 Å². The second-order valence-electron chi connectivity index (χ2n) is 6.91. The zero-order valence-electron chi connectivity index (χ0n) is 14.9. The summed E-state index contributed by atoms with van der Waals surface area (Å²) in [6, 6.07) is 13.5. The highest BCUT2D eigenvalue weighted by molar-refractivity contribution is 6.31. The number of H-pyrrole nitrogens is 1. The summed E-state index contributed by atoms with van der Waals surface area (Å²) in [4.78, 5) is 18.1. The molecule has 1 heterocycles. The second kappa shape index (κ2) is 6.45. The van der Waals surface area contributed by atoms with Crippen LogP contribution in [0, 0.1) is 0 Å². The topological polar surface area (TPSA) is 48.1 Å². The fourth-order valence-corrected chi connectivity index (χ4v) is 3.04. The molecule has 0 atom stereocenters. The van der Waals surface area contributed by atoms with Crippen LogP contribution in [0.25, 0.3) is 10.9 Å². The van der Waals surface area contributed by atoms with Gasteiger partial charge in [-0.2, -0.15) is 0 Å². The number of halogens is 1. The number of fused-ring (bicyclic) bond motifs is 1. The fourth-order valence-electron chi connectivity index (χ4n) is 2.87. The molecule has 25 heavy (non-hydrogen) atoms. The minimum absolute atomic E-state index is 0.0547. The van der Waals surface area contributed by atoms with Crippen LogP contribution in [0.5, 0.6) is 0 Å². The molecule has 3 aromatic rings. The van der Waals surface area contributed by atoms with Crippen molar-refractivity contribution >= 4 is 39.8 Å². The van der Waals surface area contributed by atoms with E-state index in [0.717, 1.165) is 27.8 Å². The Balaban J connectivity index is 1.86. The molecular weight excluding hydrogens is 334 g/mol. The summed E-state index contributed by atoms with van der Waals surface area (Å²) in [7, 11) is 3.97. The number of aromatic nitrogens is 1. The molecule has 1 aromatic heterocycles. The number of benzene rings is 2. The van der Waals surface area contributed by atoms with E-state index >= 15 is 0 Å². The molecule has 0 saturated heterocycles. The van der Waals surface area contributed by atoms with Crippen molar-refractivity contribution < 1.29 is 4.79 Å². The van der Waals surface area contributed by atoms with Gasteiger partial charge in [-0.05, 0) is 55.8 Å². The van der Waals surface area contributed by atoms with Crippen LogP contribution in [0.1, 0.15) is 19.4 Å². The first-order chi connectivity index (χ1) is 11.8. The number of nitrogens with zero attached hydrogens (tertiary/aromatic N) is 1. The van der Waals surface area contributed by atoms with Gasteiger partial charge in [-0.1, -0.05) is 17.7 Å². The number of anilines is 2. The van der Waals surface area contributed by atoms with Crippen molar-refractivity contribution in [2.24, 2.45) is 0 Å². The minimum atomic E-state index is -0.688. The third-order valence-corrected chi connectivity index (χ3v) is 4.76. The van der Waals surface area contributed by atoms with Crippen LogP contribution in [-0.4, -0.2) is 25.0 Å². The SMILES string of the molecule is CN(C)c1ccc(NC(=O)C(C)(C)c2c[nH]c3cc(Cl)ccc23)cc1. The van der Waals surface area contributed by atoms with Crippen molar-refractivity contribution in [1.82, 2.24) is 4.98 Å². The summed E-state index contributed by atoms with van der Waals surface area (Å²) in [5, 5.41) is 4.69. The predicted octanol–water partition coefficient (Wildman–Crippen LogP) is 4.80. The average molecular weight is 356 g/mol. The molecular formula is C20H22ClN3O. The first-order valence-electron chi connectivity index (χ1n) is 8.15. The Morgan fingerprint density at radius 2 is 1.80 bits per heavy atom. The van der Waals surface area contributed by atoms with E-state index in [1.807, 2.05) is 81.5 Å². The molecule has 0 aliphatic carbocycles. The molecule has 0 aliphatic rings. The molecule has 1 amide bonds. The van der Waals surface area contributed by atoms with E-state index < -0.39 is 5.41 Å². The number of hydrogen-bond acceptors (Lipinski definition) is 2. The zero-order chi connectivity index (χ0) is 18.2. The summed E-state index contributed by atoms with van der Waals surface area (Å²) in [5.41, 5.74) is 3.06. The average Bonchev–Trinajstić information content (AvgIpc) is 2.98. The van der Waals surface area contributed by atoms with Crippen molar-refractivity contribution in [2.45, 2.75) is 19.3 Å². The van der Waals surface area contributed by atoms with Crippen molar-refractivity contribution in [2.75, 3.05) is 24.3 Å². The van der Waals surface area contributed by atoms with Gasteiger partial charge in [-0.25, -0.2) is 0 Å². The maximum Gasteiger partial charge on any atom is 0.234 e. The van der Waals surface area contributed by atoms with E-state index in [4.69, 9.17) is 11.6 Å². The summed E-state index contributed by atoms with van der Waals surface area (Å²) in [6.45, 7) is 3.85. The minimum Gasteiger partial charge on any atom is -0.378 e. The van der Waals surface area contributed by atoms with Gasteiger partial charge >= 0.3 is 0 Å². The molecule has 4 nitrogen and oxygen atoms in total. The lowest BCUT2D eigenvalue weighted by Crippen LogP contribution is -2.34. The van der Waals surface area contributed by atoms with Gasteiger partial charge in [0.15, 0.2) is 0 Å². The molecule has 0 unspecified atom stereocenters. The molecule has 3 rings (SSSR count). The van der Waals surface area contributed by atoms with E-state index in [1.54, 1.807) is 0 Å². The summed E-state index contributed by atoms with van der Waals surface area (Å²) in [6.07, 6.45) is 1.88. The third-order valence-electron chi connectivity index (χ3n) is 4.53. The highest BCUT2D eigenvalue weighted by Gasteiger charge is 2.32. The van der Waals surface area contributed by atoms with Crippen LogP contribution in [0.15, 0.2) is 48.7 Å². The lowest BCUT2D eigenvalue weighted by atomic mass is 9.83. The lowest BCUT2D eigenvalue weighted by molar-refractivity contribution is -0.120. The maximum atomic E-state index is 12.9. The van der Waals surface area contributed by atoms with E-state index in [1.165, 1.54) is 0 Å². The van der Waals surface area contributed by atoms with E-state index in [0.29, 0.717) is 5.02 Å². The lowest BCUT2D eigenvalue weighted by Gasteiger charge is -2.24. The van der Waals surface area contributed by atoms with Gasteiger partial charge in [0.25, 0.3) is 0 Å². The number of nitrogens with one attached hydrogen (secondary N) is 2. The normalized spacial score (nSPS) is 11.6. The molecule has 0 bridgehead atoms. The smallest absolute Gasteiger partial charge is 0.234 e. The molecule has 0 fully saturated rings.